The lowest BCUT2D eigenvalue weighted by molar-refractivity contribution is -0.309. The van der Waals surface area contributed by atoms with Crippen LogP contribution < -0.4 is 0 Å². The molecule has 2 heterocycles. The molecule has 0 aliphatic carbocycles. The second-order valence-electron chi connectivity index (χ2n) is 17.8. The van der Waals surface area contributed by atoms with Crippen molar-refractivity contribution in [2.24, 2.45) is 0 Å². The van der Waals surface area contributed by atoms with Crippen molar-refractivity contribution in [2.45, 2.75) is 168 Å². The first-order valence-electron chi connectivity index (χ1n) is 21.7. The standard InChI is InChI=1S/C52H76O12/c1-33(21-15-23-35(3)25-17-27-37(5)29-31-41(51(9,10)59)63-49-47(57)45(55)43(53)39(7)61-49)19-13-14-20-34(2)22-16-24-36(4)26-18-28-38(6)30-32-42(52(11,12)60)64-50-48(58)46(56)44(54)40(8)62-50/h13-32,39-50,53-60H,1-12H3/b14-13+,21-15+,22-16+,25-17+,26-18+,31-29+,32-30+,33-19+,34-20+,35-23+,36-24+,37-27+,38-28+/t39-,40-,41+,42+,43-,44-,45+,46+,47+,48+,49+,50+/m0/s1. The minimum atomic E-state index is -1.47. The van der Waals surface area contributed by atoms with E-state index >= 15 is 0 Å². The molecule has 0 amide bonds. The predicted octanol–water partition coefficient (Wildman–Crippen LogP) is 6.52. The van der Waals surface area contributed by atoms with Crippen LogP contribution in [0.4, 0.5) is 0 Å². The van der Waals surface area contributed by atoms with E-state index in [2.05, 4.69) is 0 Å². The van der Waals surface area contributed by atoms with Gasteiger partial charge in [0.2, 0.25) is 0 Å². The number of ether oxygens (including phenoxy) is 4. The number of allylic oxidation sites excluding steroid dienone is 24. The molecule has 64 heavy (non-hydrogen) atoms. The van der Waals surface area contributed by atoms with Crippen LogP contribution >= 0.6 is 0 Å². The number of rotatable bonds is 20. The maximum absolute atomic E-state index is 10.7. The van der Waals surface area contributed by atoms with Crippen LogP contribution in [0, 0.1) is 0 Å². The third-order valence-corrected chi connectivity index (χ3v) is 10.3. The van der Waals surface area contributed by atoms with E-state index in [1.165, 1.54) is 0 Å². The van der Waals surface area contributed by atoms with E-state index in [9.17, 15) is 40.9 Å². The number of aliphatic hydroxyl groups is 8. The van der Waals surface area contributed by atoms with Gasteiger partial charge in [0.1, 0.15) is 48.8 Å². The van der Waals surface area contributed by atoms with Gasteiger partial charge < -0.3 is 59.8 Å². The summed E-state index contributed by atoms with van der Waals surface area (Å²) in [6, 6.07) is 0. The fraction of sp³-hybridized carbons (Fsp3) is 0.500. The second kappa shape index (κ2) is 26.9. The van der Waals surface area contributed by atoms with Crippen LogP contribution in [0.2, 0.25) is 0 Å². The van der Waals surface area contributed by atoms with Gasteiger partial charge in [0.15, 0.2) is 12.6 Å². The third kappa shape index (κ3) is 20.1. The lowest BCUT2D eigenvalue weighted by Gasteiger charge is -2.41. The van der Waals surface area contributed by atoms with Crippen LogP contribution in [0.5, 0.6) is 0 Å². The van der Waals surface area contributed by atoms with Gasteiger partial charge in [-0.05, 0) is 83.1 Å². The van der Waals surface area contributed by atoms with Crippen LogP contribution in [0.3, 0.4) is 0 Å². The zero-order valence-corrected chi connectivity index (χ0v) is 39.7. The van der Waals surface area contributed by atoms with E-state index in [0.29, 0.717) is 0 Å². The number of aliphatic hydroxyl groups excluding tert-OH is 6. The minimum absolute atomic E-state index is 0.754. The molecule has 0 bridgehead atoms. The molecule has 0 spiro atoms. The molecule has 12 heteroatoms. The van der Waals surface area contributed by atoms with E-state index in [1.54, 1.807) is 65.8 Å². The molecule has 0 aromatic rings. The number of hydrogen-bond donors (Lipinski definition) is 8. The Kier molecular flexibility index (Phi) is 23.7. The molecular weight excluding hydrogens is 817 g/mol. The normalized spacial score (nSPS) is 30.5. The smallest absolute Gasteiger partial charge is 0.187 e. The first-order valence-corrected chi connectivity index (χ1v) is 21.7. The molecule has 2 saturated heterocycles. The number of hydrogen-bond acceptors (Lipinski definition) is 12. The fourth-order valence-electron chi connectivity index (χ4n) is 6.07. The Balaban J connectivity index is 1.89. The summed E-state index contributed by atoms with van der Waals surface area (Å²) in [5.41, 5.74) is 3.42. The maximum atomic E-state index is 10.7. The minimum Gasteiger partial charge on any atom is -0.388 e. The highest BCUT2D eigenvalue weighted by molar-refractivity contribution is 5.34. The molecule has 0 aromatic heterocycles. The van der Waals surface area contributed by atoms with Gasteiger partial charge in [-0.25, -0.2) is 0 Å². The summed E-state index contributed by atoms with van der Waals surface area (Å²) in [6.45, 7) is 21.3. The SMILES string of the molecule is CC(/C=C/C=C(C)/C=C/C=C(C)/C=C/[C@@H](O[C@H]1O[C@@H](C)[C@H](O)[C@@H](O)[C@H]1O)C(C)(C)O)=C\C=C\C=C(C)\C=C\C=C(C)\C=C\C=C(C)\C=C\[C@@H](O[C@H]1O[C@@H](C)[C@H](O)[C@@H](O)[C@H]1O)C(C)(C)O. The van der Waals surface area contributed by atoms with Gasteiger partial charge in [0.05, 0.1) is 23.4 Å². The highest BCUT2D eigenvalue weighted by Crippen LogP contribution is 2.28. The Bertz CT molecular complexity index is 1740. The molecule has 12 atom stereocenters. The summed E-state index contributed by atoms with van der Waals surface area (Å²) in [5, 5.41) is 82.2. The molecule has 2 fully saturated rings. The molecule has 0 saturated carbocycles. The largest absolute Gasteiger partial charge is 0.388 e. The monoisotopic (exact) mass is 893 g/mol. The highest BCUT2D eigenvalue weighted by atomic mass is 16.7. The Morgan fingerprint density at radius 3 is 0.922 bits per heavy atom. The molecule has 0 radical (unpaired) electrons. The summed E-state index contributed by atoms with van der Waals surface area (Å²) in [5.74, 6) is 0. The van der Waals surface area contributed by atoms with Gasteiger partial charge in [-0.15, -0.1) is 0 Å². The average Bonchev–Trinajstić information content (AvgIpc) is 3.20. The Labute approximate surface area is 381 Å². The van der Waals surface area contributed by atoms with Gasteiger partial charge in [-0.3, -0.25) is 0 Å². The van der Waals surface area contributed by atoms with Crippen molar-refractivity contribution >= 4 is 0 Å². The van der Waals surface area contributed by atoms with Crippen molar-refractivity contribution in [3.05, 3.63) is 155 Å². The van der Waals surface area contributed by atoms with Crippen molar-refractivity contribution in [2.75, 3.05) is 0 Å². The topological polar surface area (TPSA) is 199 Å². The molecule has 356 valence electrons. The summed E-state index contributed by atoms with van der Waals surface area (Å²) in [6.07, 6.45) is 24.7. The van der Waals surface area contributed by atoms with E-state index in [0.717, 1.165) is 33.4 Å². The van der Waals surface area contributed by atoms with Gasteiger partial charge in [0, 0.05) is 0 Å². The van der Waals surface area contributed by atoms with Gasteiger partial charge in [-0.1, -0.05) is 155 Å². The average molecular weight is 893 g/mol. The van der Waals surface area contributed by atoms with Gasteiger partial charge in [-0.2, -0.15) is 0 Å². The molecule has 8 N–H and O–H groups in total. The Morgan fingerprint density at radius 1 is 0.406 bits per heavy atom. The molecular formula is C52H76O12. The predicted molar refractivity (Wildman–Crippen MR) is 254 cm³/mol. The van der Waals surface area contributed by atoms with Crippen molar-refractivity contribution in [1.29, 1.82) is 0 Å². The first-order chi connectivity index (χ1) is 29.8. The van der Waals surface area contributed by atoms with E-state index < -0.39 is 84.8 Å². The fourth-order valence-corrected chi connectivity index (χ4v) is 6.07. The van der Waals surface area contributed by atoms with Gasteiger partial charge >= 0.3 is 0 Å². The first kappa shape index (κ1) is 56.3. The van der Waals surface area contributed by atoms with Crippen LogP contribution in [-0.4, -0.2) is 126 Å². The highest BCUT2D eigenvalue weighted by Gasteiger charge is 2.45. The maximum Gasteiger partial charge on any atom is 0.187 e. The lowest BCUT2D eigenvalue weighted by atomic mass is 9.98. The lowest BCUT2D eigenvalue weighted by Crippen LogP contribution is -2.58. The Hall–Kier alpha value is -3.86. The molecule has 12 nitrogen and oxygen atoms in total. The van der Waals surface area contributed by atoms with Crippen LogP contribution in [0.1, 0.15) is 83.1 Å². The third-order valence-electron chi connectivity index (χ3n) is 10.3. The van der Waals surface area contributed by atoms with Gasteiger partial charge in [0.25, 0.3) is 0 Å². The molecule has 0 aromatic carbocycles. The van der Waals surface area contributed by atoms with E-state index in [1.807, 2.05) is 139 Å². The van der Waals surface area contributed by atoms with E-state index in [-0.39, 0.29) is 0 Å². The van der Waals surface area contributed by atoms with Crippen molar-refractivity contribution in [3.8, 4) is 0 Å². The summed E-state index contributed by atoms with van der Waals surface area (Å²) < 4.78 is 22.8. The van der Waals surface area contributed by atoms with Crippen molar-refractivity contribution < 1.29 is 59.8 Å². The molecule has 2 aliphatic heterocycles. The molecule has 2 rings (SSSR count). The van der Waals surface area contributed by atoms with Crippen molar-refractivity contribution in [3.63, 3.8) is 0 Å². The zero-order chi connectivity index (χ0) is 48.4. The second-order valence-corrected chi connectivity index (χ2v) is 17.8. The summed E-state index contributed by atoms with van der Waals surface area (Å²) in [7, 11) is 0. The molecule has 2 aliphatic rings. The quantitative estimate of drug-likeness (QED) is 0.0617. The van der Waals surface area contributed by atoms with Crippen LogP contribution in [0.25, 0.3) is 0 Å². The Morgan fingerprint density at radius 2 is 0.656 bits per heavy atom. The van der Waals surface area contributed by atoms with Crippen LogP contribution in [0.15, 0.2) is 155 Å². The van der Waals surface area contributed by atoms with E-state index in [4.69, 9.17) is 18.9 Å². The molecule has 0 unspecified atom stereocenters. The summed E-state index contributed by atoms with van der Waals surface area (Å²) >= 11 is 0. The van der Waals surface area contributed by atoms with Crippen molar-refractivity contribution in [1.82, 2.24) is 0 Å². The zero-order valence-electron chi connectivity index (χ0n) is 39.7. The van der Waals surface area contributed by atoms with Crippen LogP contribution in [-0.2, 0) is 18.9 Å². The summed E-state index contributed by atoms with van der Waals surface area (Å²) in [4.78, 5) is 0.